The molecule has 0 aliphatic heterocycles. The Kier molecular flexibility index (Phi) is 5.22. The molecule has 1 aromatic rings. The van der Waals surface area contributed by atoms with E-state index in [0.29, 0.717) is 6.04 Å². The van der Waals surface area contributed by atoms with Crippen LogP contribution in [0.4, 0.5) is 0 Å². The summed E-state index contributed by atoms with van der Waals surface area (Å²) < 4.78 is 1.03. The number of nitrogens with one attached hydrogen (secondary N) is 1. The number of hydrogen-bond donors (Lipinski definition) is 1. The summed E-state index contributed by atoms with van der Waals surface area (Å²) >= 11 is 3.38. The lowest BCUT2D eigenvalue weighted by Crippen LogP contribution is -2.37. The Labute approximate surface area is 100 Å². The van der Waals surface area contributed by atoms with Crippen LogP contribution in [-0.4, -0.2) is 43.6 Å². The van der Waals surface area contributed by atoms with Crippen LogP contribution in [-0.2, 0) is 6.42 Å². The minimum absolute atomic E-state index is 0.452. The van der Waals surface area contributed by atoms with Crippen LogP contribution in [0.1, 0.15) is 5.69 Å². The molecule has 0 bridgehead atoms. The van der Waals surface area contributed by atoms with E-state index >= 15 is 0 Å². The molecule has 0 radical (unpaired) electrons. The average Bonchev–Trinajstić information content (AvgIpc) is 2.19. The zero-order valence-corrected chi connectivity index (χ0v) is 11.1. The predicted octanol–water partition coefficient (Wildman–Crippen LogP) is 1.54. The maximum atomic E-state index is 4.37. The molecule has 0 aliphatic rings. The van der Waals surface area contributed by atoms with Gasteiger partial charge in [0.1, 0.15) is 0 Å². The van der Waals surface area contributed by atoms with Crippen molar-refractivity contribution in [3.05, 3.63) is 28.5 Å². The summed E-state index contributed by atoms with van der Waals surface area (Å²) in [5.74, 6) is 0. The van der Waals surface area contributed by atoms with Crippen molar-refractivity contribution in [1.82, 2.24) is 15.2 Å². The molecule has 0 saturated heterocycles. The van der Waals surface area contributed by atoms with Gasteiger partial charge in [0, 0.05) is 35.4 Å². The van der Waals surface area contributed by atoms with E-state index in [1.165, 1.54) is 0 Å². The van der Waals surface area contributed by atoms with Crippen molar-refractivity contribution >= 4 is 15.9 Å². The highest BCUT2D eigenvalue weighted by Gasteiger charge is 2.08. The first-order valence-corrected chi connectivity index (χ1v) is 5.83. The van der Waals surface area contributed by atoms with Crippen LogP contribution in [0.25, 0.3) is 0 Å². The van der Waals surface area contributed by atoms with Crippen LogP contribution in [0, 0.1) is 0 Å². The summed E-state index contributed by atoms with van der Waals surface area (Å²) in [7, 11) is 6.16. The molecule has 1 aromatic heterocycles. The number of hydrogen-bond acceptors (Lipinski definition) is 3. The standard InChI is InChI=1S/C11H18BrN3/c1-13-11(8-15(2)3)6-10-5-4-9(12)7-14-10/h4-5,7,11,13H,6,8H2,1-3H3. The predicted molar refractivity (Wildman–Crippen MR) is 67.0 cm³/mol. The van der Waals surface area contributed by atoms with Crippen LogP contribution in [0.15, 0.2) is 22.8 Å². The topological polar surface area (TPSA) is 28.2 Å². The zero-order valence-electron chi connectivity index (χ0n) is 9.50. The lowest BCUT2D eigenvalue weighted by molar-refractivity contribution is 0.345. The van der Waals surface area contributed by atoms with Crippen LogP contribution in [0.5, 0.6) is 0 Å². The fourth-order valence-corrected chi connectivity index (χ4v) is 1.71. The molecule has 0 aromatic carbocycles. The second-order valence-corrected chi connectivity index (χ2v) is 4.84. The number of likely N-dealkylation sites (N-methyl/N-ethyl adjacent to an activating group) is 2. The minimum atomic E-state index is 0.452. The molecule has 0 fully saturated rings. The number of nitrogens with zero attached hydrogens (tertiary/aromatic N) is 2. The van der Waals surface area contributed by atoms with Crippen molar-refractivity contribution in [2.45, 2.75) is 12.5 Å². The van der Waals surface area contributed by atoms with Crippen molar-refractivity contribution in [1.29, 1.82) is 0 Å². The van der Waals surface area contributed by atoms with E-state index in [1.807, 2.05) is 19.3 Å². The zero-order chi connectivity index (χ0) is 11.3. The molecule has 1 unspecified atom stereocenters. The normalized spacial score (nSPS) is 13.1. The van der Waals surface area contributed by atoms with Crippen LogP contribution in [0.3, 0.4) is 0 Å². The third-order valence-electron chi connectivity index (χ3n) is 2.24. The molecule has 15 heavy (non-hydrogen) atoms. The van der Waals surface area contributed by atoms with E-state index in [2.05, 4.69) is 51.3 Å². The van der Waals surface area contributed by atoms with E-state index in [1.54, 1.807) is 0 Å². The van der Waals surface area contributed by atoms with Crippen molar-refractivity contribution in [3.8, 4) is 0 Å². The maximum Gasteiger partial charge on any atom is 0.0420 e. The summed E-state index contributed by atoms with van der Waals surface area (Å²) in [6, 6.07) is 4.54. The van der Waals surface area contributed by atoms with Crippen molar-refractivity contribution in [2.24, 2.45) is 0 Å². The molecule has 3 nitrogen and oxygen atoms in total. The van der Waals surface area contributed by atoms with Gasteiger partial charge in [-0.15, -0.1) is 0 Å². The molecule has 84 valence electrons. The first-order chi connectivity index (χ1) is 7.11. The largest absolute Gasteiger partial charge is 0.315 e. The summed E-state index contributed by atoms with van der Waals surface area (Å²) in [6.07, 6.45) is 2.81. The highest BCUT2D eigenvalue weighted by Crippen LogP contribution is 2.08. The summed E-state index contributed by atoms with van der Waals surface area (Å²) in [5.41, 5.74) is 1.12. The molecule has 1 N–H and O–H groups in total. The van der Waals surface area contributed by atoms with Crippen molar-refractivity contribution in [2.75, 3.05) is 27.7 Å². The van der Waals surface area contributed by atoms with Gasteiger partial charge in [-0.3, -0.25) is 4.98 Å². The molecule has 0 aliphatic carbocycles. The Morgan fingerprint density at radius 1 is 1.47 bits per heavy atom. The van der Waals surface area contributed by atoms with Gasteiger partial charge in [0.05, 0.1) is 0 Å². The second kappa shape index (κ2) is 6.20. The minimum Gasteiger partial charge on any atom is -0.315 e. The molecule has 1 atom stereocenters. The Bertz CT molecular complexity index is 284. The monoisotopic (exact) mass is 271 g/mol. The molecule has 0 spiro atoms. The fourth-order valence-electron chi connectivity index (χ4n) is 1.48. The highest BCUT2D eigenvalue weighted by atomic mass is 79.9. The van der Waals surface area contributed by atoms with Gasteiger partial charge in [0.15, 0.2) is 0 Å². The van der Waals surface area contributed by atoms with Crippen molar-refractivity contribution < 1.29 is 0 Å². The number of rotatable bonds is 5. The lowest BCUT2D eigenvalue weighted by Gasteiger charge is -2.20. The van der Waals surface area contributed by atoms with E-state index in [-0.39, 0.29) is 0 Å². The maximum absolute atomic E-state index is 4.37. The smallest absolute Gasteiger partial charge is 0.0420 e. The van der Waals surface area contributed by atoms with Gasteiger partial charge in [-0.1, -0.05) is 0 Å². The molecule has 0 amide bonds. The van der Waals surface area contributed by atoms with Gasteiger partial charge in [0.2, 0.25) is 0 Å². The second-order valence-electron chi connectivity index (χ2n) is 3.92. The average molecular weight is 272 g/mol. The number of aromatic nitrogens is 1. The Hall–Kier alpha value is -0.450. The molecular formula is C11H18BrN3. The SMILES string of the molecule is CNC(Cc1ccc(Br)cn1)CN(C)C. The van der Waals surface area contributed by atoms with Crippen LogP contribution < -0.4 is 5.32 Å². The van der Waals surface area contributed by atoms with Crippen LogP contribution in [0.2, 0.25) is 0 Å². The fraction of sp³-hybridized carbons (Fsp3) is 0.545. The quantitative estimate of drug-likeness (QED) is 0.881. The van der Waals surface area contributed by atoms with Gasteiger partial charge < -0.3 is 10.2 Å². The van der Waals surface area contributed by atoms with E-state index in [4.69, 9.17) is 0 Å². The first kappa shape index (κ1) is 12.6. The summed E-state index contributed by atoms with van der Waals surface area (Å²) in [6.45, 7) is 1.02. The molecular weight excluding hydrogens is 254 g/mol. The molecule has 0 saturated carbocycles. The summed E-state index contributed by atoms with van der Waals surface area (Å²) in [5, 5.41) is 3.30. The third-order valence-corrected chi connectivity index (χ3v) is 2.71. The van der Waals surface area contributed by atoms with Gasteiger partial charge in [-0.2, -0.15) is 0 Å². The van der Waals surface area contributed by atoms with E-state index in [9.17, 15) is 0 Å². The van der Waals surface area contributed by atoms with Gasteiger partial charge in [-0.25, -0.2) is 0 Å². The highest BCUT2D eigenvalue weighted by molar-refractivity contribution is 9.10. The molecule has 4 heteroatoms. The Balaban J connectivity index is 2.54. The third kappa shape index (κ3) is 4.73. The summed E-state index contributed by atoms with van der Waals surface area (Å²) in [4.78, 5) is 6.55. The van der Waals surface area contributed by atoms with Gasteiger partial charge in [0.25, 0.3) is 0 Å². The first-order valence-electron chi connectivity index (χ1n) is 5.04. The lowest BCUT2D eigenvalue weighted by atomic mass is 10.1. The van der Waals surface area contributed by atoms with Gasteiger partial charge in [-0.05, 0) is 49.2 Å². The Morgan fingerprint density at radius 2 is 2.20 bits per heavy atom. The van der Waals surface area contributed by atoms with E-state index < -0.39 is 0 Å². The van der Waals surface area contributed by atoms with Crippen LogP contribution >= 0.6 is 15.9 Å². The van der Waals surface area contributed by atoms with Gasteiger partial charge >= 0.3 is 0 Å². The number of pyridine rings is 1. The van der Waals surface area contributed by atoms with E-state index in [0.717, 1.165) is 23.1 Å². The molecule has 1 rings (SSSR count). The Morgan fingerprint density at radius 3 is 2.67 bits per heavy atom. The number of halogens is 1. The van der Waals surface area contributed by atoms with Crippen molar-refractivity contribution in [3.63, 3.8) is 0 Å². The molecule has 1 heterocycles.